The van der Waals surface area contributed by atoms with Crippen LogP contribution in [0.3, 0.4) is 0 Å². The summed E-state index contributed by atoms with van der Waals surface area (Å²) in [6, 6.07) is 13.4. The Labute approximate surface area is 261 Å². The van der Waals surface area contributed by atoms with Crippen molar-refractivity contribution in [2.75, 3.05) is 24.6 Å². The first-order chi connectivity index (χ1) is 21.6. The van der Waals surface area contributed by atoms with E-state index in [0.29, 0.717) is 29.2 Å². The number of pyridine rings is 2. The number of fused-ring (bicyclic) bond motifs is 1. The molecule has 232 valence electrons. The number of rotatable bonds is 8. The molecule has 0 bridgehead atoms. The minimum Gasteiger partial charge on any atom is -0.473 e. The normalized spacial score (nSPS) is 16.6. The number of carbonyl (C=O) groups is 1. The fraction of sp³-hybridized carbons (Fsp3) is 0.382. The first-order valence-electron chi connectivity index (χ1n) is 15.1. The van der Waals surface area contributed by atoms with Crippen molar-refractivity contribution in [2.45, 2.75) is 64.9 Å². The Hall–Kier alpha value is -4.82. The van der Waals surface area contributed by atoms with Crippen molar-refractivity contribution in [3.8, 4) is 5.88 Å². The Kier molecular flexibility index (Phi) is 8.50. The average Bonchev–Trinajstić information content (AvgIpc) is 3.33. The molecule has 2 saturated heterocycles. The van der Waals surface area contributed by atoms with Crippen molar-refractivity contribution in [1.82, 2.24) is 19.5 Å². The highest BCUT2D eigenvalue weighted by atomic mass is 19.1. The topological polar surface area (TPSA) is 96.0 Å². The summed E-state index contributed by atoms with van der Waals surface area (Å²) in [7, 11) is 0. The Morgan fingerprint density at radius 2 is 1.93 bits per heavy atom. The number of aromatic nitrogens is 4. The largest absolute Gasteiger partial charge is 0.473 e. The summed E-state index contributed by atoms with van der Waals surface area (Å²) in [4.78, 5) is 32.4. The minimum absolute atomic E-state index is 0.0223. The zero-order valence-electron chi connectivity index (χ0n) is 25.6. The van der Waals surface area contributed by atoms with E-state index in [1.54, 1.807) is 24.3 Å². The highest BCUT2D eigenvalue weighted by molar-refractivity contribution is 5.90. The molecule has 0 saturated carbocycles. The summed E-state index contributed by atoms with van der Waals surface area (Å²) in [5, 5.41) is 0. The molecule has 1 unspecified atom stereocenters. The second-order valence-electron chi connectivity index (χ2n) is 12.2. The van der Waals surface area contributed by atoms with Gasteiger partial charge in [0.1, 0.15) is 35.2 Å². The number of hydrogen-bond acceptors (Lipinski definition) is 8. The maximum absolute atomic E-state index is 14.3. The molecule has 0 amide bonds. The Bertz CT molecular complexity index is 1790. The lowest BCUT2D eigenvalue weighted by molar-refractivity contribution is -0.0588. The molecular weight excluding hydrogens is 575 g/mol. The van der Waals surface area contributed by atoms with Crippen molar-refractivity contribution in [3.05, 3.63) is 88.4 Å². The number of ether oxygens (including phenoxy) is 3. The lowest BCUT2D eigenvalue weighted by Gasteiger charge is -2.30. The molecule has 0 aliphatic carbocycles. The number of hydrogen-bond donors (Lipinski definition) is 0. The SMILES string of the molecule is [C-]#[N+]c1ccc(COc2cccc(N3CCC(=Cc4nc5ccc(C(=O)OC(C)(C)C)nc5n4CC4CCO4)CC3)n2)c(F)c1. The van der Waals surface area contributed by atoms with E-state index in [1.165, 1.54) is 11.6 Å². The van der Waals surface area contributed by atoms with E-state index in [4.69, 9.17) is 25.8 Å². The van der Waals surface area contributed by atoms with Crippen LogP contribution in [0.1, 0.15) is 61.9 Å². The molecule has 2 fully saturated rings. The second-order valence-corrected chi connectivity index (χ2v) is 12.2. The van der Waals surface area contributed by atoms with E-state index in [0.717, 1.165) is 50.6 Å². The van der Waals surface area contributed by atoms with Gasteiger partial charge in [0.05, 0.1) is 19.2 Å². The Morgan fingerprint density at radius 3 is 2.62 bits per heavy atom. The fourth-order valence-electron chi connectivity index (χ4n) is 5.27. The van der Waals surface area contributed by atoms with Crippen LogP contribution < -0.4 is 9.64 Å². The van der Waals surface area contributed by atoms with E-state index in [2.05, 4.69) is 25.8 Å². The molecule has 2 aliphatic heterocycles. The zero-order valence-corrected chi connectivity index (χ0v) is 25.6. The molecule has 3 aromatic heterocycles. The van der Waals surface area contributed by atoms with Gasteiger partial charge in [0, 0.05) is 31.3 Å². The first-order valence-corrected chi connectivity index (χ1v) is 15.1. The third-order valence-electron chi connectivity index (χ3n) is 7.72. The molecule has 1 aromatic carbocycles. The van der Waals surface area contributed by atoms with E-state index in [9.17, 15) is 9.18 Å². The van der Waals surface area contributed by atoms with Crippen molar-refractivity contribution >= 4 is 34.7 Å². The van der Waals surface area contributed by atoms with Gasteiger partial charge in [-0.1, -0.05) is 23.8 Å². The minimum atomic E-state index is -0.617. The van der Waals surface area contributed by atoms with Crippen LogP contribution in [0.2, 0.25) is 0 Å². The van der Waals surface area contributed by atoms with Gasteiger partial charge in [-0.15, -0.1) is 0 Å². The van der Waals surface area contributed by atoms with Crippen molar-refractivity contribution in [1.29, 1.82) is 0 Å². The third kappa shape index (κ3) is 7.13. The van der Waals surface area contributed by atoms with Gasteiger partial charge in [0.2, 0.25) is 5.88 Å². The van der Waals surface area contributed by atoms with Gasteiger partial charge in [-0.25, -0.2) is 24.0 Å². The summed E-state index contributed by atoms with van der Waals surface area (Å²) in [5.74, 6) is 1.07. The number of carbonyl (C=O) groups excluding carboxylic acids is 1. The highest BCUT2D eigenvalue weighted by Crippen LogP contribution is 2.28. The Morgan fingerprint density at radius 1 is 1.13 bits per heavy atom. The van der Waals surface area contributed by atoms with Gasteiger partial charge in [-0.05, 0) is 70.4 Å². The van der Waals surface area contributed by atoms with Gasteiger partial charge in [-0.2, -0.15) is 4.98 Å². The van der Waals surface area contributed by atoms with Crippen LogP contribution in [0.5, 0.6) is 5.88 Å². The number of imidazole rings is 1. The third-order valence-corrected chi connectivity index (χ3v) is 7.72. The monoisotopic (exact) mass is 610 g/mol. The number of benzene rings is 1. The Balaban J connectivity index is 1.15. The first kappa shape index (κ1) is 30.2. The highest BCUT2D eigenvalue weighted by Gasteiger charge is 2.25. The molecule has 1 atom stereocenters. The van der Waals surface area contributed by atoms with E-state index in [-0.39, 0.29) is 24.1 Å². The maximum Gasteiger partial charge on any atom is 0.357 e. The summed E-state index contributed by atoms with van der Waals surface area (Å²) in [6.07, 6.45) is 4.83. The van der Waals surface area contributed by atoms with Gasteiger partial charge in [0.25, 0.3) is 0 Å². The predicted molar refractivity (Wildman–Crippen MR) is 168 cm³/mol. The van der Waals surface area contributed by atoms with Gasteiger partial charge in [0.15, 0.2) is 17.0 Å². The van der Waals surface area contributed by atoms with Crippen LogP contribution in [-0.4, -0.2) is 56.9 Å². The predicted octanol–water partition coefficient (Wildman–Crippen LogP) is 6.52. The van der Waals surface area contributed by atoms with Gasteiger partial charge >= 0.3 is 5.97 Å². The van der Waals surface area contributed by atoms with E-state index < -0.39 is 17.4 Å². The lowest BCUT2D eigenvalue weighted by atomic mass is 10.0. The van der Waals surface area contributed by atoms with Crippen molar-refractivity contribution in [3.63, 3.8) is 0 Å². The zero-order chi connectivity index (χ0) is 31.6. The molecule has 0 radical (unpaired) electrons. The maximum atomic E-state index is 14.3. The molecule has 10 nitrogen and oxygen atoms in total. The number of esters is 1. The molecule has 45 heavy (non-hydrogen) atoms. The number of nitrogens with zero attached hydrogens (tertiary/aromatic N) is 6. The molecule has 0 N–H and O–H groups in total. The fourth-order valence-corrected chi connectivity index (χ4v) is 5.27. The van der Waals surface area contributed by atoms with Crippen molar-refractivity contribution in [2.24, 2.45) is 0 Å². The molecule has 0 spiro atoms. The van der Waals surface area contributed by atoms with Crippen LogP contribution in [-0.2, 0) is 22.6 Å². The van der Waals surface area contributed by atoms with Crippen molar-refractivity contribution < 1.29 is 23.4 Å². The van der Waals surface area contributed by atoms with Crippen LogP contribution in [0.25, 0.3) is 22.1 Å². The van der Waals surface area contributed by atoms with E-state index in [1.807, 2.05) is 43.5 Å². The average molecular weight is 611 g/mol. The summed E-state index contributed by atoms with van der Waals surface area (Å²) >= 11 is 0. The standard InChI is InChI=1S/C34H35FN6O4/c1-34(2,3)45-33(42)28-11-10-27-32(38-28)41(20-25-14-17-43-25)30(37-27)18-22-12-15-40(16-13-22)29-6-5-7-31(39-29)44-21-23-8-9-24(36-4)19-26(23)35/h5-11,18-19,25H,12-17,20-21H2,1-3H3. The quantitative estimate of drug-likeness (QED) is 0.164. The number of halogens is 1. The number of piperidine rings is 1. The van der Waals surface area contributed by atoms with Crippen LogP contribution in [0.4, 0.5) is 15.9 Å². The smallest absolute Gasteiger partial charge is 0.357 e. The molecule has 6 rings (SSSR count). The summed E-state index contributed by atoms with van der Waals surface area (Å²) in [6.45, 7) is 15.4. The van der Waals surface area contributed by atoms with Gasteiger partial charge < -0.3 is 23.7 Å². The molecule has 11 heteroatoms. The summed E-state index contributed by atoms with van der Waals surface area (Å²) in [5.41, 5.74) is 2.87. The lowest BCUT2D eigenvalue weighted by Crippen LogP contribution is -2.32. The van der Waals surface area contributed by atoms with Crippen LogP contribution in [0.15, 0.2) is 54.1 Å². The van der Waals surface area contributed by atoms with Gasteiger partial charge in [-0.3, -0.25) is 0 Å². The van der Waals surface area contributed by atoms with Crippen LogP contribution in [0, 0.1) is 12.4 Å². The van der Waals surface area contributed by atoms with Crippen LogP contribution >= 0.6 is 0 Å². The molecular formula is C34H35FN6O4. The van der Waals surface area contributed by atoms with E-state index >= 15 is 0 Å². The molecule has 5 heterocycles. The second kappa shape index (κ2) is 12.7. The molecule has 4 aromatic rings. The molecule has 2 aliphatic rings. The summed E-state index contributed by atoms with van der Waals surface area (Å²) < 4.78 is 33.4. The number of anilines is 1.